The van der Waals surface area contributed by atoms with Crippen LogP contribution in [0, 0.1) is 17.0 Å². The van der Waals surface area contributed by atoms with Gasteiger partial charge in [0.1, 0.15) is 5.69 Å². The summed E-state index contributed by atoms with van der Waals surface area (Å²) in [6.45, 7) is 9.40. The molecule has 138 valence electrons. The molecule has 1 saturated heterocycles. The second-order valence-electron chi connectivity index (χ2n) is 7.51. The molecule has 2 heterocycles. The SMILES string of the molecule is Cc1c([N+](=O)[O-])c(=O)n(-c2cccc(B3OC(C)(C)C(C)(C)O3)c2)n1C. The predicted molar refractivity (Wildman–Crippen MR) is 98.1 cm³/mol. The quantitative estimate of drug-likeness (QED) is 0.473. The lowest BCUT2D eigenvalue weighted by Crippen LogP contribution is -2.41. The Morgan fingerprint density at radius 1 is 1.15 bits per heavy atom. The summed E-state index contributed by atoms with van der Waals surface area (Å²) < 4.78 is 14.8. The van der Waals surface area contributed by atoms with Crippen molar-refractivity contribution in [3.63, 3.8) is 0 Å². The van der Waals surface area contributed by atoms with Gasteiger partial charge in [0.15, 0.2) is 0 Å². The number of nitro groups is 1. The van der Waals surface area contributed by atoms with Crippen LogP contribution in [0.3, 0.4) is 0 Å². The highest BCUT2D eigenvalue weighted by atomic mass is 16.7. The first kappa shape index (κ1) is 18.4. The maximum absolute atomic E-state index is 12.5. The van der Waals surface area contributed by atoms with E-state index in [9.17, 15) is 14.9 Å². The Morgan fingerprint density at radius 2 is 1.73 bits per heavy atom. The van der Waals surface area contributed by atoms with Crippen LogP contribution in [0.1, 0.15) is 33.4 Å². The van der Waals surface area contributed by atoms with E-state index in [0.29, 0.717) is 11.4 Å². The topological polar surface area (TPSA) is 88.5 Å². The van der Waals surface area contributed by atoms with Gasteiger partial charge in [0.2, 0.25) is 0 Å². The maximum Gasteiger partial charge on any atom is 0.494 e. The normalized spacial score (nSPS) is 18.3. The van der Waals surface area contributed by atoms with Crippen molar-refractivity contribution in [1.82, 2.24) is 9.36 Å². The Morgan fingerprint density at radius 3 is 2.23 bits per heavy atom. The Labute approximate surface area is 151 Å². The van der Waals surface area contributed by atoms with E-state index in [1.165, 1.54) is 9.36 Å². The lowest BCUT2D eigenvalue weighted by Gasteiger charge is -2.32. The minimum absolute atomic E-state index is 0.293. The van der Waals surface area contributed by atoms with Crippen molar-refractivity contribution < 1.29 is 14.2 Å². The second-order valence-corrected chi connectivity index (χ2v) is 7.51. The fourth-order valence-electron chi connectivity index (χ4n) is 2.98. The molecule has 8 nitrogen and oxygen atoms in total. The molecular formula is C17H22BN3O5. The van der Waals surface area contributed by atoms with Gasteiger partial charge in [-0.1, -0.05) is 12.1 Å². The molecule has 0 aliphatic carbocycles. The lowest BCUT2D eigenvalue weighted by molar-refractivity contribution is -0.386. The van der Waals surface area contributed by atoms with Crippen molar-refractivity contribution in [2.75, 3.05) is 0 Å². The summed E-state index contributed by atoms with van der Waals surface area (Å²) in [4.78, 5) is 23.1. The average Bonchev–Trinajstić information content (AvgIpc) is 2.89. The first-order valence-electron chi connectivity index (χ1n) is 8.35. The molecule has 0 spiro atoms. The molecule has 1 aromatic heterocycles. The fourth-order valence-corrected chi connectivity index (χ4v) is 2.98. The van der Waals surface area contributed by atoms with Gasteiger partial charge in [0.25, 0.3) is 0 Å². The third kappa shape index (κ3) is 2.67. The molecule has 26 heavy (non-hydrogen) atoms. The number of rotatable bonds is 3. The molecule has 1 fully saturated rings. The summed E-state index contributed by atoms with van der Waals surface area (Å²) in [6.07, 6.45) is 0. The molecule has 0 radical (unpaired) electrons. The molecule has 0 unspecified atom stereocenters. The van der Waals surface area contributed by atoms with E-state index in [1.54, 1.807) is 32.2 Å². The van der Waals surface area contributed by atoms with Crippen molar-refractivity contribution in [1.29, 1.82) is 0 Å². The Balaban J connectivity index is 2.07. The number of hydrogen-bond donors (Lipinski definition) is 0. The zero-order chi connectivity index (χ0) is 19.4. The van der Waals surface area contributed by atoms with Gasteiger partial charge in [-0.25, -0.2) is 4.68 Å². The van der Waals surface area contributed by atoms with Crippen LogP contribution in [-0.2, 0) is 16.4 Å². The molecule has 0 atom stereocenters. The summed E-state index contributed by atoms with van der Waals surface area (Å²) in [5.41, 5.74) is -0.499. The minimum Gasteiger partial charge on any atom is -0.399 e. The highest BCUT2D eigenvalue weighted by molar-refractivity contribution is 6.62. The molecule has 0 N–H and O–H groups in total. The fraction of sp³-hybridized carbons (Fsp3) is 0.471. The minimum atomic E-state index is -0.666. The Kier molecular flexibility index (Phi) is 4.12. The van der Waals surface area contributed by atoms with E-state index in [-0.39, 0.29) is 0 Å². The molecule has 0 bridgehead atoms. The summed E-state index contributed by atoms with van der Waals surface area (Å²) in [7, 11) is 1.04. The van der Waals surface area contributed by atoms with Crippen molar-refractivity contribution in [3.05, 3.63) is 50.4 Å². The zero-order valence-electron chi connectivity index (χ0n) is 15.8. The van der Waals surface area contributed by atoms with Crippen molar-refractivity contribution in [3.8, 4) is 5.69 Å². The van der Waals surface area contributed by atoms with E-state index in [2.05, 4.69) is 0 Å². The number of hydrogen-bond acceptors (Lipinski definition) is 5. The van der Waals surface area contributed by atoms with Gasteiger partial charge in [-0.05, 0) is 52.2 Å². The van der Waals surface area contributed by atoms with Gasteiger partial charge < -0.3 is 9.31 Å². The first-order valence-corrected chi connectivity index (χ1v) is 8.35. The molecule has 2 aromatic rings. The maximum atomic E-state index is 12.5. The van der Waals surface area contributed by atoms with Crippen molar-refractivity contribution in [2.24, 2.45) is 7.05 Å². The molecule has 1 aromatic carbocycles. The molecular weight excluding hydrogens is 337 g/mol. The lowest BCUT2D eigenvalue weighted by atomic mass is 9.79. The predicted octanol–water partition coefficient (Wildman–Crippen LogP) is 1.69. The van der Waals surface area contributed by atoms with Crippen LogP contribution >= 0.6 is 0 Å². The van der Waals surface area contributed by atoms with Crippen LogP contribution in [0.4, 0.5) is 5.69 Å². The molecule has 1 aliphatic heterocycles. The Bertz CT molecular complexity index is 928. The van der Waals surface area contributed by atoms with Crippen LogP contribution in [0.15, 0.2) is 29.1 Å². The Hall–Kier alpha value is -2.39. The molecule has 3 rings (SSSR count). The third-order valence-corrected chi connectivity index (χ3v) is 5.35. The van der Waals surface area contributed by atoms with E-state index >= 15 is 0 Å². The van der Waals surface area contributed by atoms with E-state index in [0.717, 1.165) is 5.46 Å². The smallest absolute Gasteiger partial charge is 0.399 e. The largest absolute Gasteiger partial charge is 0.494 e. The molecule has 1 aliphatic rings. The number of aromatic nitrogens is 2. The molecule has 0 saturated carbocycles. The number of benzene rings is 1. The van der Waals surface area contributed by atoms with E-state index in [4.69, 9.17) is 9.31 Å². The van der Waals surface area contributed by atoms with Crippen molar-refractivity contribution >= 4 is 18.3 Å². The molecule has 0 amide bonds. The first-order chi connectivity index (χ1) is 12.0. The second kappa shape index (κ2) is 5.82. The third-order valence-electron chi connectivity index (χ3n) is 5.35. The summed E-state index contributed by atoms with van der Waals surface area (Å²) in [6, 6.07) is 7.10. The average molecular weight is 359 g/mol. The van der Waals surface area contributed by atoms with Gasteiger partial charge >= 0.3 is 18.4 Å². The van der Waals surface area contributed by atoms with Gasteiger partial charge in [-0.15, -0.1) is 0 Å². The van der Waals surface area contributed by atoms with Crippen LogP contribution in [0.25, 0.3) is 5.69 Å². The van der Waals surface area contributed by atoms with Crippen LogP contribution in [-0.4, -0.2) is 32.6 Å². The van der Waals surface area contributed by atoms with Gasteiger partial charge in [-0.2, -0.15) is 0 Å². The standard InChI is InChI=1S/C17H22BN3O5/c1-11-14(21(23)24)15(22)20(19(11)6)13-9-7-8-12(10-13)18-25-16(2,3)17(4,5)26-18/h7-10H,1-6H3. The van der Waals surface area contributed by atoms with Crippen LogP contribution in [0.2, 0.25) is 0 Å². The van der Waals surface area contributed by atoms with Crippen molar-refractivity contribution in [2.45, 2.75) is 45.8 Å². The van der Waals surface area contributed by atoms with E-state index < -0.39 is 34.5 Å². The van der Waals surface area contributed by atoms with Gasteiger partial charge in [0.05, 0.1) is 21.8 Å². The summed E-state index contributed by atoms with van der Waals surface area (Å²) in [5.74, 6) is 0. The summed E-state index contributed by atoms with van der Waals surface area (Å²) in [5, 5.41) is 11.2. The van der Waals surface area contributed by atoms with E-state index in [1.807, 2.05) is 33.8 Å². The monoisotopic (exact) mass is 359 g/mol. The summed E-state index contributed by atoms with van der Waals surface area (Å²) >= 11 is 0. The number of nitrogens with zero attached hydrogens (tertiary/aromatic N) is 3. The highest BCUT2D eigenvalue weighted by Crippen LogP contribution is 2.36. The van der Waals surface area contributed by atoms with Crippen LogP contribution in [0.5, 0.6) is 0 Å². The van der Waals surface area contributed by atoms with Gasteiger partial charge in [-0.3, -0.25) is 19.6 Å². The highest BCUT2D eigenvalue weighted by Gasteiger charge is 2.51. The zero-order valence-corrected chi connectivity index (χ0v) is 15.8. The molecule has 9 heteroatoms. The van der Waals surface area contributed by atoms with Gasteiger partial charge in [0, 0.05) is 7.05 Å². The van der Waals surface area contributed by atoms with Crippen LogP contribution < -0.4 is 11.0 Å².